The fourth-order valence-corrected chi connectivity index (χ4v) is 5.59. The monoisotopic (exact) mass is 446 g/mol. The lowest BCUT2D eigenvalue weighted by Crippen LogP contribution is -2.44. The van der Waals surface area contributed by atoms with Crippen LogP contribution in [0.2, 0.25) is 0 Å². The van der Waals surface area contributed by atoms with Crippen molar-refractivity contribution < 1.29 is 23.2 Å². The molecule has 0 radical (unpaired) electrons. The highest BCUT2D eigenvalue weighted by Crippen LogP contribution is 2.24. The van der Waals surface area contributed by atoms with Crippen LogP contribution in [0.3, 0.4) is 0 Å². The third-order valence-electron chi connectivity index (χ3n) is 5.78. The van der Waals surface area contributed by atoms with Gasteiger partial charge in [-0.15, -0.1) is 0 Å². The predicted molar refractivity (Wildman–Crippen MR) is 118 cm³/mol. The molecule has 0 saturated carbocycles. The van der Waals surface area contributed by atoms with Crippen LogP contribution in [-0.4, -0.2) is 48.8 Å². The van der Waals surface area contributed by atoms with E-state index in [2.05, 4.69) is 25.1 Å². The highest BCUT2D eigenvalue weighted by molar-refractivity contribution is 7.89. The van der Waals surface area contributed by atoms with Crippen LogP contribution in [0.1, 0.15) is 41.0 Å². The van der Waals surface area contributed by atoms with Crippen molar-refractivity contribution in [2.75, 3.05) is 18.8 Å². The Morgan fingerprint density at radius 2 is 1.84 bits per heavy atom. The van der Waals surface area contributed by atoms with Crippen molar-refractivity contribution in [3.63, 3.8) is 0 Å². The maximum absolute atomic E-state index is 13.0. The Labute approximate surface area is 184 Å². The van der Waals surface area contributed by atoms with Gasteiger partial charge in [0, 0.05) is 13.1 Å². The minimum atomic E-state index is -3.68. The molecule has 1 aliphatic heterocycles. The lowest BCUT2D eigenvalue weighted by Gasteiger charge is -2.32. The molecule has 3 rings (SSSR count). The van der Waals surface area contributed by atoms with Crippen LogP contribution < -0.4 is 5.48 Å². The zero-order valence-electron chi connectivity index (χ0n) is 18.0. The van der Waals surface area contributed by atoms with Gasteiger partial charge in [-0.05, 0) is 43.4 Å². The van der Waals surface area contributed by atoms with Gasteiger partial charge in [-0.2, -0.15) is 0 Å². The topological polar surface area (TPSA) is 95.9 Å². The number of amides is 1. The first-order valence-electron chi connectivity index (χ1n) is 10.4. The van der Waals surface area contributed by atoms with E-state index < -0.39 is 27.6 Å². The Morgan fingerprint density at radius 1 is 1.16 bits per heavy atom. The van der Waals surface area contributed by atoms with Crippen LogP contribution in [-0.2, 0) is 26.2 Å². The number of benzene rings is 2. The van der Waals surface area contributed by atoms with E-state index in [0.717, 1.165) is 5.56 Å². The SMILES string of the molecule is Cc1ccc(C)c(COC2CCN(S(=O)(=O)CC(C(=O)NO)c3ccccc3)CC2)c1. The van der Waals surface area contributed by atoms with E-state index in [-0.39, 0.29) is 6.10 Å². The second-order valence-corrected chi connectivity index (χ2v) is 10.1. The molecule has 0 spiro atoms. The summed E-state index contributed by atoms with van der Waals surface area (Å²) >= 11 is 0. The Balaban J connectivity index is 1.58. The average Bonchev–Trinajstić information content (AvgIpc) is 2.78. The molecule has 1 amide bonds. The zero-order valence-corrected chi connectivity index (χ0v) is 18.8. The normalized spacial score (nSPS) is 16.7. The predicted octanol–water partition coefficient (Wildman–Crippen LogP) is 2.90. The van der Waals surface area contributed by atoms with Crippen LogP contribution in [0, 0.1) is 13.8 Å². The number of sulfonamides is 1. The van der Waals surface area contributed by atoms with Gasteiger partial charge in [0.1, 0.15) is 0 Å². The molecule has 1 unspecified atom stereocenters. The Bertz CT molecular complexity index is 986. The van der Waals surface area contributed by atoms with Crippen molar-refractivity contribution in [2.45, 2.75) is 45.3 Å². The average molecular weight is 447 g/mol. The number of hydroxylamine groups is 1. The van der Waals surface area contributed by atoms with Gasteiger partial charge in [-0.1, -0.05) is 54.1 Å². The molecule has 1 heterocycles. The number of carbonyl (C=O) groups excluding carboxylic acids is 1. The molecule has 2 N–H and O–H groups in total. The van der Waals surface area contributed by atoms with E-state index in [1.807, 2.05) is 6.92 Å². The minimum absolute atomic E-state index is 0.00276. The summed E-state index contributed by atoms with van der Waals surface area (Å²) in [6.07, 6.45) is 1.20. The fourth-order valence-electron chi connectivity index (χ4n) is 3.84. The van der Waals surface area contributed by atoms with Gasteiger partial charge in [-0.3, -0.25) is 10.0 Å². The molecule has 1 aliphatic rings. The molecular weight excluding hydrogens is 416 g/mol. The molecular formula is C23H30N2O5S. The number of rotatable bonds is 8. The van der Waals surface area contributed by atoms with Gasteiger partial charge in [-0.25, -0.2) is 18.2 Å². The number of piperidine rings is 1. The quantitative estimate of drug-likeness (QED) is 0.480. The number of hydrogen-bond acceptors (Lipinski definition) is 5. The third-order valence-corrected chi connectivity index (χ3v) is 7.69. The van der Waals surface area contributed by atoms with Gasteiger partial charge >= 0.3 is 0 Å². The number of nitrogens with one attached hydrogen (secondary N) is 1. The lowest BCUT2D eigenvalue weighted by atomic mass is 10.0. The second-order valence-electron chi connectivity index (χ2n) is 8.06. The molecule has 0 aromatic heterocycles. The van der Waals surface area contributed by atoms with Gasteiger partial charge in [0.05, 0.1) is 24.4 Å². The van der Waals surface area contributed by atoms with E-state index in [4.69, 9.17) is 9.94 Å². The first kappa shape index (κ1) is 23.4. The van der Waals surface area contributed by atoms with E-state index in [0.29, 0.717) is 38.1 Å². The molecule has 31 heavy (non-hydrogen) atoms. The number of aryl methyl sites for hydroxylation is 2. The number of nitrogens with zero attached hydrogens (tertiary/aromatic N) is 1. The smallest absolute Gasteiger partial charge is 0.251 e. The maximum atomic E-state index is 13.0. The summed E-state index contributed by atoms with van der Waals surface area (Å²) in [6, 6.07) is 14.9. The van der Waals surface area contributed by atoms with Crippen LogP contribution in [0.4, 0.5) is 0 Å². The molecule has 0 bridgehead atoms. The van der Waals surface area contributed by atoms with Crippen molar-refractivity contribution >= 4 is 15.9 Å². The Hall–Kier alpha value is -2.26. The number of ether oxygens (including phenoxy) is 1. The highest BCUT2D eigenvalue weighted by Gasteiger charge is 2.33. The van der Waals surface area contributed by atoms with Crippen LogP contribution >= 0.6 is 0 Å². The molecule has 2 aromatic rings. The zero-order chi connectivity index (χ0) is 22.4. The molecule has 1 saturated heterocycles. The lowest BCUT2D eigenvalue weighted by molar-refractivity contribution is -0.130. The molecule has 7 nitrogen and oxygen atoms in total. The number of carbonyl (C=O) groups is 1. The summed E-state index contributed by atoms with van der Waals surface area (Å²) < 4.78 is 33.4. The largest absolute Gasteiger partial charge is 0.373 e. The number of hydrogen-bond donors (Lipinski definition) is 2. The summed E-state index contributed by atoms with van der Waals surface area (Å²) in [5.74, 6) is -2.10. The van der Waals surface area contributed by atoms with E-state index >= 15 is 0 Å². The molecule has 168 valence electrons. The second kappa shape index (κ2) is 10.4. The van der Waals surface area contributed by atoms with E-state index in [9.17, 15) is 13.2 Å². The van der Waals surface area contributed by atoms with Crippen molar-refractivity contribution in [2.24, 2.45) is 0 Å². The summed E-state index contributed by atoms with van der Waals surface area (Å²) in [6.45, 7) is 5.31. The van der Waals surface area contributed by atoms with Crippen molar-refractivity contribution in [3.05, 3.63) is 70.8 Å². The van der Waals surface area contributed by atoms with Crippen LogP contribution in [0.15, 0.2) is 48.5 Å². The summed E-state index contributed by atoms with van der Waals surface area (Å²) in [4.78, 5) is 12.1. The highest BCUT2D eigenvalue weighted by atomic mass is 32.2. The van der Waals surface area contributed by atoms with Crippen molar-refractivity contribution in [1.29, 1.82) is 0 Å². The van der Waals surface area contributed by atoms with Gasteiger partial charge in [0.2, 0.25) is 10.0 Å². The molecule has 1 fully saturated rings. The first-order valence-corrected chi connectivity index (χ1v) is 12.1. The summed E-state index contributed by atoms with van der Waals surface area (Å²) in [5, 5.41) is 9.07. The molecule has 2 aromatic carbocycles. The van der Waals surface area contributed by atoms with E-state index in [1.165, 1.54) is 15.4 Å². The maximum Gasteiger partial charge on any atom is 0.251 e. The summed E-state index contributed by atoms with van der Waals surface area (Å²) in [5.41, 5.74) is 5.66. The Kier molecular flexibility index (Phi) is 7.83. The van der Waals surface area contributed by atoms with E-state index in [1.54, 1.807) is 35.8 Å². The van der Waals surface area contributed by atoms with Gasteiger partial charge in [0.15, 0.2) is 0 Å². The Morgan fingerprint density at radius 3 is 2.48 bits per heavy atom. The van der Waals surface area contributed by atoms with Crippen molar-refractivity contribution in [3.8, 4) is 0 Å². The van der Waals surface area contributed by atoms with Gasteiger partial charge in [0.25, 0.3) is 5.91 Å². The molecule has 1 atom stereocenters. The minimum Gasteiger partial charge on any atom is -0.373 e. The van der Waals surface area contributed by atoms with Crippen molar-refractivity contribution in [1.82, 2.24) is 9.79 Å². The fraction of sp³-hybridized carbons (Fsp3) is 0.435. The first-order chi connectivity index (χ1) is 14.8. The van der Waals surface area contributed by atoms with Crippen LogP contribution in [0.5, 0.6) is 0 Å². The van der Waals surface area contributed by atoms with Gasteiger partial charge < -0.3 is 4.74 Å². The standard InChI is InChI=1S/C23H30N2O5S/c1-17-8-9-18(2)20(14-17)15-30-21-10-12-25(13-11-21)31(28,29)16-22(23(26)24-27)19-6-4-3-5-7-19/h3-9,14,21-22,27H,10-13,15-16H2,1-2H3,(H,24,26). The third kappa shape index (κ3) is 6.13. The summed E-state index contributed by atoms with van der Waals surface area (Å²) in [7, 11) is -3.68. The van der Waals surface area contributed by atoms with Crippen LogP contribution in [0.25, 0.3) is 0 Å². The molecule has 0 aliphatic carbocycles. The molecule has 8 heteroatoms.